The number of amides is 1. The molecule has 1 aliphatic rings. The van der Waals surface area contributed by atoms with Crippen molar-refractivity contribution in [2.24, 2.45) is 0 Å². The minimum absolute atomic E-state index is 0.0108. The average molecular weight is 389 g/mol. The first-order chi connectivity index (χ1) is 12.1. The highest BCUT2D eigenvalue weighted by Crippen LogP contribution is 2.20. The molecule has 1 aromatic carbocycles. The normalized spacial score (nSPS) is 19.2. The standard InChI is InChI=1S/C18H26ClFN2O4/c1-18(2,3)26-17(24)21-12-6-7-22(9-12)10-13(23)11-25-14-4-5-15(19)16(20)8-14/h4-5,8,12-13,23H,6-7,9-11H2,1-3H3,(H,21,24). The van der Waals surface area contributed by atoms with Gasteiger partial charge in [0, 0.05) is 31.7 Å². The number of nitrogens with one attached hydrogen (secondary N) is 1. The van der Waals surface area contributed by atoms with E-state index in [1.54, 1.807) is 6.07 Å². The molecule has 1 saturated heterocycles. The van der Waals surface area contributed by atoms with Crippen LogP contribution in [0.3, 0.4) is 0 Å². The first-order valence-corrected chi connectivity index (χ1v) is 8.98. The first-order valence-electron chi connectivity index (χ1n) is 8.60. The van der Waals surface area contributed by atoms with E-state index in [1.165, 1.54) is 12.1 Å². The van der Waals surface area contributed by atoms with Crippen molar-refractivity contribution in [3.8, 4) is 5.75 Å². The number of carbonyl (C=O) groups is 1. The Kier molecular flexibility index (Phi) is 7.08. The van der Waals surface area contributed by atoms with Crippen LogP contribution >= 0.6 is 11.6 Å². The molecule has 1 aromatic rings. The zero-order chi connectivity index (χ0) is 19.3. The topological polar surface area (TPSA) is 71.0 Å². The second kappa shape index (κ2) is 8.88. The Balaban J connectivity index is 1.70. The molecule has 146 valence electrons. The lowest BCUT2D eigenvalue weighted by molar-refractivity contribution is 0.0500. The molecule has 6 nitrogen and oxygen atoms in total. The summed E-state index contributed by atoms with van der Waals surface area (Å²) >= 11 is 5.62. The van der Waals surface area contributed by atoms with Crippen molar-refractivity contribution in [2.75, 3.05) is 26.2 Å². The van der Waals surface area contributed by atoms with Crippen LogP contribution in [-0.4, -0.2) is 60.1 Å². The Morgan fingerprint density at radius 2 is 2.23 bits per heavy atom. The smallest absolute Gasteiger partial charge is 0.407 e. The van der Waals surface area contributed by atoms with Gasteiger partial charge in [0.15, 0.2) is 0 Å². The Labute approximate surface area is 158 Å². The van der Waals surface area contributed by atoms with Crippen molar-refractivity contribution >= 4 is 17.7 Å². The van der Waals surface area contributed by atoms with Gasteiger partial charge in [0.1, 0.15) is 29.9 Å². The molecule has 2 unspecified atom stereocenters. The maximum absolute atomic E-state index is 13.4. The van der Waals surface area contributed by atoms with E-state index in [9.17, 15) is 14.3 Å². The molecule has 0 aliphatic carbocycles. The monoisotopic (exact) mass is 388 g/mol. The Morgan fingerprint density at radius 1 is 1.50 bits per heavy atom. The van der Waals surface area contributed by atoms with Gasteiger partial charge in [-0.2, -0.15) is 0 Å². The molecule has 1 heterocycles. The van der Waals surface area contributed by atoms with Crippen LogP contribution in [0.5, 0.6) is 5.75 Å². The van der Waals surface area contributed by atoms with E-state index in [2.05, 4.69) is 5.32 Å². The van der Waals surface area contributed by atoms with Crippen molar-refractivity contribution in [3.63, 3.8) is 0 Å². The minimum atomic E-state index is -0.728. The van der Waals surface area contributed by atoms with Crippen LogP contribution in [0, 0.1) is 5.82 Å². The number of benzene rings is 1. The summed E-state index contributed by atoms with van der Waals surface area (Å²) in [6.45, 7) is 7.28. The van der Waals surface area contributed by atoms with E-state index >= 15 is 0 Å². The molecule has 0 radical (unpaired) electrons. The highest BCUT2D eigenvalue weighted by atomic mass is 35.5. The molecular formula is C18H26ClFN2O4. The molecule has 0 spiro atoms. The zero-order valence-corrected chi connectivity index (χ0v) is 16.1. The highest BCUT2D eigenvalue weighted by molar-refractivity contribution is 6.30. The van der Waals surface area contributed by atoms with Gasteiger partial charge >= 0.3 is 6.09 Å². The van der Waals surface area contributed by atoms with Crippen molar-refractivity contribution < 1.29 is 23.8 Å². The van der Waals surface area contributed by atoms with Crippen LogP contribution < -0.4 is 10.1 Å². The summed E-state index contributed by atoms with van der Waals surface area (Å²) in [7, 11) is 0. The molecule has 2 rings (SSSR count). The molecule has 2 atom stereocenters. The number of halogens is 2. The molecule has 0 bridgehead atoms. The van der Waals surface area contributed by atoms with Crippen LogP contribution in [0.4, 0.5) is 9.18 Å². The third-order valence-corrected chi connectivity index (χ3v) is 4.10. The summed E-state index contributed by atoms with van der Waals surface area (Å²) in [6.07, 6.45) is -0.373. The Bertz CT molecular complexity index is 624. The summed E-state index contributed by atoms with van der Waals surface area (Å²) < 4.78 is 24.0. The van der Waals surface area contributed by atoms with E-state index in [-0.39, 0.29) is 17.7 Å². The van der Waals surface area contributed by atoms with Gasteiger partial charge < -0.3 is 19.9 Å². The number of hydrogen-bond donors (Lipinski definition) is 2. The zero-order valence-electron chi connectivity index (χ0n) is 15.3. The van der Waals surface area contributed by atoms with Crippen molar-refractivity contribution in [2.45, 2.75) is 44.9 Å². The third kappa shape index (κ3) is 6.97. The highest BCUT2D eigenvalue weighted by Gasteiger charge is 2.27. The van der Waals surface area contributed by atoms with Gasteiger partial charge in [-0.15, -0.1) is 0 Å². The van der Waals surface area contributed by atoms with Gasteiger partial charge in [0.25, 0.3) is 0 Å². The number of β-amino-alcohol motifs (C(OH)–C–C–N with tert-alkyl or cyclic N) is 1. The quantitative estimate of drug-likeness (QED) is 0.784. The number of aliphatic hydroxyl groups excluding tert-OH is 1. The fourth-order valence-electron chi connectivity index (χ4n) is 2.70. The van der Waals surface area contributed by atoms with E-state index in [4.69, 9.17) is 21.1 Å². The van der Waals surface area contributed by atoms with Gasteiger partial charge in [-0.3, -0.25) is 4.90 Å². The average Bonchev–Trinajstić information content (AvgIpc) is 2.93. The Morgan fingerprint density at radius 3 is 2.88 bits per heavy atom. The fraction of sp³-hybridized carbons (Fsp3) is 0.611. The number of carbonyl (C=O) groups excluding carboxylic acids is 1. The van der Waals surface area contributed by atoms with Gasteiger partial charge in [-0.25, -0.2) is 9.18 Å². The minimum Gasteiger partial charge on any atom is -0.491 e. The number of aliphatic hydroxyl groups is 1. The lowest BCUT2D eigenvalue weighted by Gasteiger charge is -2.22. The second-order valence-corrected chi connectivity index (χ2v) is 7.84. The molecular weight excluding hydrogens is 363 g/mol. The summed E-state index contributed by atoms with van der Waals surface area (Å²) in [5.74, 6) is -0.244. The number of hydrogen-bond acceptors (Lipinski definition) is 5. The predicted octanol–water partition coefficient (Wildman–Crippen LogP) is 2.82. The molecule has 1 fully saturated rings. The summed E-state index contributed by atoms with van der Waals surface area (Å²) in [5, 5.41) is 13.0. The van der Waals surface area contributed by atoms with Crippen LogP contribution in [0.15, 0.2) is 18.2 Å². The number of ether oxygens (including phenoxy) is 2. The van der Waals surface area contributed by atoms with E-state index < -0.39 is 23.6 Å². The predicted molar refractivity (Wildman–Crippen MR) is 97.1 cm³/mol. The van der Waals surface area contributed by atoms with Crippen molar-refractivity contribution in [1.82, 2.24) is 10.2 Å². The van der Waals surface area contributed by atoms with Gasteiger partial charge in [0.2, 0.25) is 0 Å². The number of nitrogens with zero attached hydrogens (tertiary/aromatic N) is 1. The van der Waals surface area contributed by atoms with Gasteiger partial charge in [-0.05, 0) is 39.3 Å². The summed E-state index contributed by atoms with van der Waals surface area (Å²) in [5.41, 5.74) is -0.531. The van der Waals surface area contributed by atoms with Crippen LogP contribution in [0.25, 0.3) is 0 Å². The molecule has 1 amide bonds. The second-order valence-electron chi connectivity index (χ2n) is 7.43. The molecule has 26 heavy (non-hydrogen) atoms. The fourth-order valence-corrected chi connectivity index (χ4v) is 2.82. The molecule has 0 saturated carbocycles. The van der Waals surface area contributed by atoms with E-state index in [0.717, 1.165) is 13.0 Å². The number of rotatable bonds is 6. The van der Waals surface area contributed by atoms with Crippen LogP contribution in [-0.2, 0) is 4.74 Å². The number of alkyl carbamates (subject to hydrolysis) is 1. The SMILES string of the molecule is CC(C)(C)OC(=O)NC1CCN(CC(O)COc2ccc(Cl)c(F)c2)C1. The van der Waals surface area contributed by atoms with Crippen molar-refractivity contribution in [1.29, 1.82) is 0 Å². The first kappa shape index (κ1) is 20.7. The molecule has 1 aliphatic heterocycles. The Hall–Kier alpha value is -1.57. The summed E-state index contributed by atoms with van der Waals surface area (Å²) in [4.78, 5) is 13.8. The lowest BCUT2D eigenvalue weighted by atomic mass is 10.2. The third-order valence-electron chi connectivity index (χ3n) is 3.80. The number of likely N-dealkylation sites (tertiary alicyclic amines) is 1. The van der Waals surface area contributed by atoms with Gasteiger partial charge in [0.05, 0.1) is 5.02 Å². The van der Waals surface area contributed by atoms with E-state index in [1.807, 2.05) is 25.7 Å². The molecule has 2 N–H and O–H groups in total. The van der Waals surface area contributed by atoms with Crippen LogP contribution in [0.1, 0.15) is 27.2 Å². The van der Waals surface area contributed by atoms with E-state index in [0.29, 0.717) is 18.8 Å². The molecule has 8 heteroatoms. The maximum Gasteiger partial charge on any atom is 0.407 e. The lowest BCUT2D eigenvalue weighted by Crippen LogP contribution is -2.41. The summed E-state index contributed by atoms with van der Waals surface area (Å²) in [6, 6.07) is 4.13. The van der Waals surface area contributed by atoms with Crippen LogP contribution in [0.2, 0.25) is 5.02 Å². The van der Waals surface area contributed by atoms with Crippen molar-refractivity contribution in [3.05, 3.63) is 29.0 Å². The van der Waals surface area contributed by atoms with Gasteiger partial charge in [-0.1, -0.05) is 11.6 Å². The molecule has 0 aromatic heterocycles. The largest absolute Gasteiger partial charge is 0.491 e. The maximum atomic E-state index is 13.4.